The third-order valence-corrected chi connectivity index (χ3v) is 6.21. The van der Waals surface area contributed by atoms with Gasteiger partial charge in [-0.1, -0.05) is 11.3 Å². The van der Waals surface area contributed by atoms with Crippen molar-refractivity contribution in [1.29, 1.82) is 0 Å². The van der Waals surface area contributed by atoms with E-state index in [2.05, 4.69) is 20.5 Å². The fourth-order valence-electron chi connectivity index (χ4n) is 2.77. The van der Waals surface area contributed by atoms with Gasteiger partial charge < -0.3 is 9.30 Å². The lowest BCUT2D eigenvalue weighted by molar-refractivity contribution is 0.103. The molecule has 10 heteroatoms. The summed E-state index contributed by atoms with van der Waals surface area (Å²) in [4.78, 5) is 30.1. The zero-order valence-electron chi connectivity index (χ0n) is 13.6. The highest BCUT2D eigenvalue weighted by Gasteiger charge is 2.24. The Balaban J connectivity index is 1.61. The number of aromatic nitrogens is 4. The predicted octanol–water partition coefficient (Wildman–Crippen LogP) is 2.26. The second-order valence-corrected chi connectivity index (χ2v) is 7.81. The number of aryl methyl sites for hydroxylation is 2. The van der Waals surface area contributed by atoms with E-state index < -0.39 is 0 Å². The Bertz CT molecular complexity index is 1020. The van der Waals surface area contributed by atoms with Crippen LogP contribution in [0.5, 0.6) is 0 Å². The molecule has 1 aliphatic rings. The highest BCUT2D eigenvalue weighted by atomic mass is 32.1. The lowest BCUT2D eigenvalue weighted by Gasteiger charge is -2.02. The molecule has 0 aliphatic carbocycles. The number of ether oxygens (including phenoxy) is 1. The molecule has 1 saturated heterocycles. The van der Waals surface area contributed by atoms with Crippen molar-refractivity contribution in [2.75, 3.05) is 11.9 Å². The van der Waals surface area contributed by atoms with Crippen molar-refractivity contribution in [3.63, 3.8) is 0 Å². The molecule has 1 fully saturated rings. The number of carbonyl (C=O) groups is 1. The minimum atomic E-state index is -0.308. The smallest absolute Gasteiger partial charge is 0.267 e. The van der Waals surface area contributed by atoms with Gasteiger partial charge in [0.25, 0.3) is 11.5 Å². The lowest BCUT2D eigenvalue weighted by atomic mass is 10.2. The van der Waals surface area contributed by atoms with Crippen LogP contribution in [0.1, 0.15) is 39.2 Å². The summed E-state index contributed by atoms with van der Waals surface area (Å²) in [5.74, 6) is -0.308. The molecule has 1 atom stereocenters. The first-order valence-electron chi connectivity index (χ1n) is 7.75. The van der Waals surface area contributed by atoms with Crippen LogP contribution in [-0.2, 0) is 11.8 Å². The maximum atomic E-state index is 12.6. The Hall–Kier alpha value is -2.17. The standard InChI is InChI=1S/C15H15N5O3S2/c1-7-9-13(16-6-20(2)14(9)22)24-10(7)11(21)17-15-19-18-12(25-15)8-4-3-5-23-8/h6,8H,3-5H2,1-2H3,(H,17,19,21). The van der Waals surface area contributed by atoms with Crippen LogP contribution in [0.15, 0.2) is 11.1 Å². The number of carbonyl (C=O) groups excluding carboxylic acids is 1. The van der Waals surface area contributed by atoms with Gasteiger partial charge in [-0.15, -0.1) is 21.5 Å². The molecular weight excluding hydrogens is 362 g/mol. The fraction of sp³-hybridized carbons (Fsp3) is 0.400. The molecule has 0 bridgehead atoms. The third-order valence-electron chi connectivity index (χ3n) is 4.08. The summed E-state index contributed by atoms with van der Waals surface area (Å²) in [7, 11) is 1.64. The molecule has 0 saturated carbocycles. The number of hydrogen-bond acceptors (Lipinski definition) is 8. The van der Waals surface area contributed by atoms with E-state index in [1.807, 2.05) is 0 Å². The Morgan fingerprint density at radius 1 is 1.40 bits per heavy atom. The lowest BCUT2D eigenvalue weighted by Crippen LogP contribution is -2.17. The summed E-state index contributed by atoms with van der Waals surface area (Å²) < 4.78 is 6.98. The average molecular weight is 377 g/mol. The van der Waals surface area contributed by atoms with Crippen molar-refractivity contribution in [2.45, 2.75) is 25.9 Å². The van der Waals surface area contributed by atoms with Crippen LogP contribution in [0.2, 0.25) is 0 Å². The zero-order chi connectivity index (χ0) is 17.6. The van der Waals surface area contributed by atoms with Crippen LogP contribution in [0.4, 0.5) is 5.13 Å². The quantitative estimate of drug-likeness (QED) is 0.752. The summed E-state index contributed by atoms with van der Waals surface area (Å²) >= 11 is 2.52. The molecule has 1 amide bonds. The normalized spacial score (nSPS) is 17.3. The molecule has 4 heterocycles. The molecule has 1 unspecified atom stereocenters. The van der Waals surface area contributed by atoms with E-state index in [1.54, 1.807) is 14.0 Å². The SMILES string of the molecule is Cc1c(C(=O)Nc2nnc(C3CCCO3)s2)sc2ncn(C)c(=O)c12. The first kappa shape index (κ1) is 16.3. The summed E-state index contributed by atoms with van der Waals surface area (Å²) in [6.07, 6.45) is 3.37. The van der Waals surface area contributed by atoms with E-state index in [0.717, 1.165) is 24.5 Å². The van der Waals surface area contributed by atoms with Gasteiger partial charge in [-0.05, 0) is 25.3 Å². The van der Waals surface area contributed by atoms with E-state index in [1.165, 1.54) is 33.6 Å². The second kappa shape index (κ2) is 6.28. The molecule has 3 aromatic rings. The molecule has 1 N–H and O–H groups in total. The third kappa shape index (κ3) is 2.86. The summed E-state index contributed by atoms with van der Waals surface area (Å²) in [6.45, 7) is 2.49. The largest absolute Gasteiger partial charge is 0.371 e. The number of nitrogens with one attached hydrogen (secondary N) is 1. The molecule has 0 radical (unpaired) electrons. The number of anilines is 1. The number of fused-ring (bicyclic) bond motifs is 1. The molecule has 0 aromatic carbocycles. The number of thiophene rings is 1. The summed E-state index contributed by atoms with van der Waals surface area (Å²) in [5.41, 5.74) is 0.476. The van der Waals surface area contributed by atoms with E-state index in [4.69, 9.17) is 4.74 Å². The maximum Gasteiger partial charge on any atom is 0.267 e. The van der Waals surface area contributed by atoms with Gasteiger partial charge in [0.2, 0.25) is 5.13 Å². The van der Waals surface area contributed by atoms with Crippen molar-refractivity contribution in [3.8, 4) is 0 Å². The Kier molecular flexibility index (Phi) is 4.10. The number of amides is 1. The minimum Gasteiger partial charge on any atom is -0.371 e. The van der Waals surface area contributed by atoms with Crippen LogP contribution in [0, 0.1) is 6.92 Å². The van der Waals surface area contributed by atoms with Crippen molar-refractivity contribution in [3.05, 3.63) is 32.1 Å². The zero-order valence-corrected chi connectivity index (χ0v) is 15.2. The Morgan fingerprint density at radius 2 is 2.24 bits per heavy atom. The average Bonchev–Trinajstić information content (AvgIpc) is 3.30. The van der Waals surface area contributed by atoms with Gasteiger partial charge in [-0.2, -0.15) is 0 Å². The monoisotopic (exact) mass is 377 g/mol. The molecule has 8 nitrogen and oxygen atoms in total. The van der Waals surface area contributed by atoms with E-state index >= 15 is 0 Å². The predicted molar refractivity (Wildman–Crippen MR) is 95.4 cm³/mol. The highest BCUT2D eigenvalue weighted by Crippen LogP contribution is 2.33. The highest BCUT2D eigenvalue weighted by molar-refractivity contribution is 7.21. The topological polar surface area (TPSA) is 99.0 Å². The van der Waals surface area contributed by atoms with Crippen LogP contribution < -0.4 is 10.9 Å². The number of nitrogens with zero attached hydrogens (tertiary/aromatic N) is 4. The molecule has 1 aliphatic heterocycles. The van der Waals surface area contributed by atoms with Crippen molar-refractivity contribution in [2.24, 2.45) is 7.05 Å². The van der Waals surface area contributed by atoms with E-state index in [0.29, 0.717) is 25.8 Å². The van der Waals surface area contributed by atoms with Crippen LogP contribution >= 0.6 is 22.7 Å². The fourth-order valence-corrected chi connectivity index (χ4v) is 4.62. The molecule has 0 spiro atoms. The number of hydrogen-bond donors (Lipinski definition) is 1. The van der Waals surface area contributed by atoms with Crippen LogP contribution in [0.3, 0.4) is 0 Å². The van der Waals surface area contributed by atoms with Gasteiger partial charge in [0.05, 0.1) is 16.6 Å². The Morgan fingerprint density at radius 3 is 3.00 bits per heavy atom. The maximum absolute atomic E-state index is 12.6. The molecule has 3 aromatic heterocycles. The van der Waals surface area contributed by atoms with Gasteiger partial charge in [0.15, 0.2) is 0 Å². The second-order valence-electron chi connectivity index (χ2n) is 5.80. The van der Waals surface area contributed by atoms with Crippen LogP contribution in [0.25, 0.3) is 10.2 Å². The van der Waals surface area contributed by atoms with E-state index in [-0.39, 0.29) is 17.6 Å². The number of rotatable bonds is 3. The van der Waals surface area contributed by atoms with Gasteiger partial charge in [-0.25, -0.2) is 4.98 Å². The molecule has 25 heavy (non-hydrogen) atoms. The minimum absolute atomic E-state index is 0.0264. The molecular formula is C15H15N5O3S2. The van der Waals surface area contributed by atoms with Gasteiger partial charge in [0, 0.05) is 13.7 Å². The van der Waals surface area contributed by atoms with Gasteiger partial charge >= 0.3 is 0 Å². The Labute approximate surface area is 150 Å². The van der Waals surface area contributed by atoms with Crippen LogP contribution in [-0.4, -0.2) is 32.3 Å². The van der Waals surface area contributed by atoms with Gasteiger partial charge in [-0.3, -0.25) is 14.9 Å². The van der Waals surface area contributed by atoms with Crippen molar-refractivity contribution < 1.29 is 9.53 Å². The first-order valence-corrected chi connectivity index (χ1v) is 9.39. The van der Waals surface area contributed by atoms with E-state index in [9.17, 15) is 9.59 Å². The van der Waals surface area contributed by atoms with Crippen molar-refractivity contribution >= 4 is 43.9 Å². The first-order chi connectivity index (χ1) is 12.0. The van der Waals surface area contributed by atoms with Gasteiger partial charge in [0.1, 0.15) is 15.9 Å². The summed E-state index contributed by atoms with van der Waals surface area (Å²) in [5, 5.41) is 12.6. The summed E-state index contributed by atoms with van der Waals surface area (Å²) in [6, 6.07) is 0. The van der Waals surface area contributed by atoms with Crippen molar-refractivity contribution in [1.82, 2.24) is 19.7 Å². The molecule has 130 valence electrons. The molecule has 4 rings (SSSR count).